The lowest BCUT2D eigenvalue weighted by molar-refractivity contribution is 0.258. The minimum Gasteiger partial charge on any atom is -0.495 e. The fourth-order valence-corrected chi connectivity index (χ4v) is 2.45. The third kappa shape index (κ3) is 3.54. The van der Waals surface area contributed by atoms with Crippen LogP contribution in [-0.2, 0) is 13.2 Å². The van der Waals surface area contributed by atoms with Crippen LogP contribution in [0, 0.1) is 11.3 Å². The Morgan fingerprint density at radius 3 is 2.76 bits per heavy atom. The molecule has 0 radical (unpaired) electrons. The van der Waals surface area contributed by atoms with Gasteiger partial charge >= 0.3 is 0 Å². The smallest absolute Gasteiger partial charge is 0.139 e. The number of rotatable bonds is 5. The zero-order valence-electron chi connectivity index (χ0n) is 11.5. The second-order valence-electron chi connectivity index (χ2n) is 4.32. The van der Waals surface area contributed by atoms with E-state index in [0.717, 1.165) is 10.0 Å². The van der Waals surface area contributed by atoms with E-state index in [0.29, 0.717) is 29.2 Å². The van der Waals surface area contributed by atoms with E-state index in [4.69, 9.17) is 14.7 Å². The molecule has 0 aliphatic rings. The van der Waals surface area contributed by atoms with E-state index < -0.39 is 0 Å². The highest BCUT2D eigenvalue weighted by Crippen LogP contribution is 2.30. The Morgan fingerprint density at radius 1 is 1.29 bits per heavy atom. The summed E-state index contributed by atoms with van der Waals surface area (Å²) in [7, 11) is 1.53. The summed E-state index contributed by atoms with van der Waals surface area (Å²) in [6, 6.07) is 12.9. The molecule has 1 N–H and O–H groups in total. The van der Waals surface area contributed by atoms with Gasteiger partial charge in [-0.2, -0.15) is 5.26 Å². The highest BCUT2D eigenvalue weighted by Gasteiger charge is 2.09. The molecule has 21 heavy (non-hydrogen) atoms. The summed E-state index contributed by atoms with van der Waals surface area (Å²) in [5.74, 6) is 1.15. The molecule has 0 saturated carbocycles. The summed E-state index contributed by atoms with van der Waals surface area (Å²) in [4.78, 5) is 0. The van der Waals surface area contributed by atoms with Crippen molar-refractivity contribution in [3.8, 4) is 17.6 Å². The zero-order valence-corrected chi connectivity index (χ0v) is 13.1. The van der Waals surface area contributed by atoms with Gasteiger partial charge in [0.2, 0.25) is 0 Å². The van der Waals surface area contributed by atoms with E-state index in [1.54, 1.807) is 18.2 Å². The van der Waals surface area contributed by atoms with E-state index >= 15 is 0 Å². The second-order valence-corrected chi connectivity index (χ2v) is 5.18. The summed E-state index contributed by atoms with van der Waals surface area (Å²) < 4.78 is 11.6. The highest BCUT2D eigenvalue weighted by molar-refractivity contribution is 9.10. The number of benzene rings is 2. The summed E-state index contributed by atoms with van der Waals surface area (Å²) in [6.45, 7) is 0.203. The maximum Gasteiger partial charge on any atom is 0.139 e. The molecule has 4 nitrogen and oxygen atoms in total. The van der Waals surface area contributed by atoms with Gasteiger partial charge in [0.1, 0.15) is 24.2 Å². The first-order valence-corrected chi connectivity index (χ1v) is 7.07. The molecular formula is C16H14BrNO3. The van der Waals surface area contributed by atoms with Crippen LogP contribution in [-0.4, -0.2) is 12.2 Å². The molecule has 2 aromatic carbocycles. The maximum absolute atomic E-state index is 9.33. The first-order chi connectivity index (χ1) is 10.2. The highest BCUT2D eigenvalue weighted by atomic mass is 79.9. The lowest BCUT2D eigenvalue weighted by Crippen LogP contribution is -2.00. The van der Waals surface area contributed by atoms with Crippen molar-refractivity contribution < 1.29 is 14.6 Å². The molecule has 0 fully saturated rings. The van der Waals surface area contributed by atoms with Crippen LogP contribution in [0.4, 0.5) is 0 Å². The SMILES string of the molecule is COc1ccc(COc2c(Br)cccc2CO)cc1C#N. The molecule has 5 heteroatoms. The van der Waals surface area contributed by atoms with Crippen molar-refractivity contribution in [2.24, 2.45) is 0 Å². The van der Waals surface area contributed by atoms with Gasteiger partial charge in [0, 0.05) is 5.56 Å². The summed E-state index contributed by atoms with van der Waals surface area (Å²) >= 11 is 3.40. The van der Waals surface area contributed by atoms with Crippen LogP contribution < -0.4 is 9.47 Å². The number of hydrogen-bond donors (Lipinski definition) is 1. The summed E-state index contributed by atoms with van der Waals surface area (Å²) in [5, 5.41) is 18.4. The summed E-state index contributed by atoms with van der Waals surface area (Å²) in [6.07, 6.45) is 0. The topological polar surface area (TPSA) is 62.5 Å². The first-order valence-electron chi connectivity index (χ1n) is 6.27. The van der Waals surface area contributed by atoms with Gasteiger partial charge in [-0.3, -0.25) is 0 Å². The Kier molecular flexibility index (Phi) is 5.20. The van der Waals surface area contributed by atoms with Gasteiger partial charge in [0.15, 0.2) is 0 Å². The van der Waals surface area contributed by atoms with Gasteiger partial charge in [-0.1, -0.05) is 18.2 Å². The molecule has 0 unspecified atom stereocenters. The first kappa shape index (κ1) is 15.4. The number of para-hydroxylation sites is 1. The normalized spacial score (nSPS) is 10.0. The van der Waals surface area contributed by atoms with E-state index in [9.17, 15) is 5.11 Å². The average molecular weight is 348 g/mol. The molecule has 2 rings (SSSR count). The van der Waals surface area contributed by atoms with E-state index in [1.165, 1.54) is 7.11 Å². The number of nitrogens with zero attached hydrogens (tertiary/aromatic N) is 1. The number of methoxy groups -OCH3 is 1. The largest absolute Gasteiger partial charge is 0.495 e. The Morgan fingerprint density at radius 2 is 2.10 bits per heavy atom. The van der Waals surface area contributed by atoms with E-state index in [1.807, 2.05) is 18.2 Å². The molecule has 0 aromatic heterocycles. The molecular weight excluding hydrogens is 334 g/mol. The third-order valence-corrected chi connectivity index (χ3v) is 3.61. The van der Waals surface area contributed by atoms with Crippen molar-refractivity contribution in [2.75, 3.05) is 7.11 Å². The van der Waals surface area contributed by atoms with Crippen LogP contribution >= 0.6 is 15.9 Å². The molecule has 0 aliphatic carbocycles. The fourth-order valence-electron chi connectivity index (χ4n) is 1.93. The Balaban J connectivity index is 2.19. The van der Waals surface area contributed by atoms with Crippen LogP contribution in [0.15, 0.2) is 40.9 Å². The molecule has 0 heterocycles. The lowest BCUT2D eigenvalue weighted by Gasteiger charge is -2.12. The Hall–Kier alpha value is -2.03. The number of ether oxygens (including phenoxy) is 2. The average Bonchev–Trinajstić information content (AvgIpc) is 2.53. The van der Waals surface area contributed by atoms with Crippen LogP contribution in [0.3, 0.4) is 0 Å². The van der Waals surface area contributed by atoms with Gasteiger partial charge in [-0.25, -0.2) is 0 Å². The van der Waals surface area contributed by atoms with Gasteiger partial charge in [-0.05, 0) is 39.7 Å². The monoisotopic (exact) mass is 347 g/mol. The number of aliphatic hydroxyl groups excluding tert-OH is 1. The molecule has 0 bridgehead atoms. The Bertz CT molecular complexity index is 680. The van der Waals surface area contributed by atoms with Crippen LogP contribution in [0.25, 0.3) is 0 Å². The van der Waals surface area contributed by atoms with Crippen molar-refractivity contribution in [3.63, 3.8) is 0 Å². The van der Waals surface area contributed by atoms with Crippen molar-refractivity contribution >= 4 is 15.9 Å². The third-order valence-electron chi connectivity index (χ3n) is 2.99. The molecule has 0 aliphatic heterocycles. The fraction of sp³-hybridized carbons (Fsp3) is 0.188. The quantitative estimate of drug-likeness (QED) is 0.900. The van der Waals surface area contributed by atoms with Gasteiger partial charge in [-0.15, -0.1) is 0 Å². The predicted octanol–water partition coefficient (Wildman–Crippen LogP) is 3.40. The van der Waals surface area contributed by atoms with E-state index in [-0.39, 0.29) is 6.61 Å². The molecule has 0 atom stereocenters. The predicted molar refractivity (Wildman–Crippen MR) is 82.1 cm³/mol. The zero-order chi connectivity index (χ0) is 15.2. The lowest BCUT2D eigenvalue weighted by atomic mass is 10.1. The molecule has 2 aromatic rings. The van der Waals surface area contributed by atoms with Gasteiger partial charge in [0.05, 0.1) is 23.8 Å². The molecule has 0 saturated heterocycles. The molecule has 0 spiro atoms. The van der Waals surface area contributed by atoms with E-state index in [2.05, 4.69) is 22.0 Å². The van der Waals surface area contributed by atoms with Crippen molar-refractivity contribution in [1.29, 1.82) is 5.26 Å². The number of aliphatic hydroxyl groups is 1. The number of hydrogen-bond acceptors (Lipinski definition) is 4. The van der Waals surface area contributed by atoms with Crippen molar-refractivity contribution in [2.45, 2.75) is 13.2 Å². The number of halogens is 1. The maximum atomic E-state index is 9.33. The second kappa shape index (κ2) is 7.11. The number of nitriles is 1. The van der Waals surface area contributed by atoms with Gasteiger partial charge < -0.3 is 14.6 Å². The molecule has 0 amide bonds. The Labute approximate surface area is 131 Å². The standard InChI is InChI=1S/C16H14BrNO3/c1-20-15-6-5-11(7-13(15)8-18)10-21-16-12(9-19)3-2-4-14(16)17/h2-7,19H,9-10H2,1H3. The minimum atomic E-state index is -0.0964. The van der Waals surface area contributed by atoms with Crippen molar-refractivity contribution in [1.82, 2.24) is 0 Å². The minimum absolute atomic E-state index is 0.0964. The van der Waals surface area contributed by atoms with Crippen LogP contribution in [0.1, 0.15) is 16.7 Å². The van der Waals surface area contributed by atoms with Crippen LogP contribution in [0.2, 0.25) is 0 Å². The van der Waals surface area contributed by atoms with Gasteiger partial charge in [0.25, 0.3) is 0 Å². The van der Waals surface area contributed by atoms with Crippen LogP contribution in [0.5, 0.6) is 11.5 Å². The summed E-state index contributed by atoms with van der Waals surface area (Å²) in [5.41, 5.74) is 2.03. The van der Waals surface area contributed by atoms with Crippen molar-refractivity contribution in [3.05, 3.63) is 57.6 Å². The molecule has 108 valence electrons.